The minimum absolute atomic E-state index is 0.0389. The average molecular weight is 1190 g/mol. The van der Waals surface area contributed by atoms with E-state index in [1.54, 1.807) is 36.5 Å². The summed E-state index contributed by atoms with van der Waals surface area (Å²) in [7, 11) is 0. The van der Waals surface area contributed by atoms with Gasteiger partial charge in [0.1, 0.15) is 36.3 Å². The molecule has 85 heavy (non-hydrogen) atoms. The number of benzene rings is 3. The van der Waals surface area contributed by atoms with Gasteiger partial charge >= 0.3 is 0 Å². The lowest BCUT2D eigenvalue weighted by atomic mass is 10.0. The number of carbonyl (C=O) groups is 11. The molecule has 27 heteroatoms. The number of guanidine groups is 1. The molecule has 4 aromatic rings. The van der Waals surface area contributed by atoms with Gasteiger partial charge in [-0.05, 0) is 67.0 Å². The number of rotatable bonds is 19. The molecular weight excluding hydrogens is 1110 g/mol. The van der Waals surface area contributed by atoms with Crippen LogP contribution in [0.2, 0.25) is 0 Å². The Morgan fingerprint density at radius 2 is 1.36 bits per heavy atom. The first-order valence-electron chi connectivity index (χ1n) is 28.3. The van der Waals surface area contributed by atoms with Crippen molar-refractivity contribution < 1.29 is 52.7 Å². The highest BCUT2D eigenvalue weighted by Gasteiger charge is 2.40. The highest BCUT2D eigenvalue weighted by molar-refractivity contribution is 8.00. The van der Waals surface area contributed by atoms with Crippen molar-refractivity contribution in [2.75, 3.05) is 50.8 Å². The number of aliphatic imine (C=N–C) groups is 1. The molecule has 0 radical (unpaired) electrons. The first-order chi connectivity index (χ1) is 40.8. The van der Waals surface area contributed by atoms with Crippen molar-refractivity contribution in [1.29, 1.82) is 0 Å². The number of nitrogens with two attached hydrogens (primary N) is 4. The number of amides is 11. The highest BCUT2D eigenvalue weighted by Crippen LogP contribution is 2.24. The van der Waals surface area contributed by atoms with Crippen LogP contribution in [-0.4, -0.2) is 173 Å². The summed E-state index contributed by atoms with van der Waals surface area (Å²) in [5.41, 5.74) is 24.7. The summed E-state index contributed by atoms with van der Waals surface area (Å²) in [6, 6.07) is 14.1. The van der Waals surface area contributed by atoms with E-state index in [9.17, 15) is 52.7 Å². The van der Waals surface area contributed by atoms with E-state index in [0.29, 0.717) is 36.0 Å². The molecule has 11 amide bonds. The molecule has 456 valence electrons. The van der Waals surface area contributed by atoms with E-state index < -0.39 is 121 Å². The van der Waals surface area contributed by atoms with Gasteiger partial charge in [0.2, 0.25) is 65.0 Å². The molecule has 0 bridgehead atoms. The largest absolute Gasteiger partial charge is 0.370 e. The molecule has 6 atom stereocenters. The Balaban J connectivity index is 1.38. The number of nitrogens with zero attached hydrogens (tertiary/aromatic N) is 3. The monoisotopic (exact) mass is 1190 g/mol. The van der Waals surface area contributed by atoms with Gasteiger partial charge in [0.25, 0.3) is 0 Å². The molecular formula is C58H77N15O11S. The van der Waals surface area contributed by atoms with Crippen molar-refractivity contribution in [3.8, 4) is 0 Å². The van der Waals surface area contributed by atoms with Gasteiger partial charge in [-0.15, -0.1) is 11.8 Å². The third-order valence-electron chi connectivity index (χ3n) is 14.4. The van der Waals surface area contributed by atoms with Gasteiger partial charge in [-0.25, -0.2) is 0 Å². The standard InChI is InChI=1S/C58H77N15O11S/c1-2-3-4-10-24-72-32-48(75)68-44(28-38-29-64-40-16-9-8-15-39(38)40)57(84)73-25-12-18-46(73)56(83)71-45(53(80)65-30-47(59)74)33-85-34-49(76)67-42(26-35-13-6-5-7-14-35)54(81)70-43(27-36-19-21-37(22-20-36)51(60)78)55(82)69-41(17-11-23-63-58(61)62)52(79)66-31-50(72)77/h5-9,13-16,19-22,29,41-46,64H,2-4,10-12,17-18,23-28,30-34H2,1H3,(H2,59,74)(H2,60,78)(H,65,80)(H,66,79)(H,67,76)(H,68,75)(H,69,82)(H,70,81)(H,71,83)(H4,61,62,63)/t41-,42-,43-,44-,45-,46-/m0/s1. The second-order valence-corrected chi connectivity index (χ2v) is 21.9. The third-order valence-corrected chi connectivity index (χ3v) is 15.4. The van der Waals surface area contributed by atoms with E-state index in [-0.39, 0.29) is 81.2 Å². The number of aromatic amines is 1. The van der Waals surface area contributed by atoms with Gasteiger partial charge in [0.15, 0.2) is 5.96 Å². The van der Waals surface area contributed by atoms with Gasteiger partial charge in [0, 0.05) is 67.3 Å². The van der Waals surface area contributed by atoms with Gasteiger partial charge in [-0.2, -0.15) is 0 Å². The zero-order chi connectivity index (χ0) is 61.4. The van der Waals surface area contributed by atoms with Crippen LogP contribution in [0.1, 0.15) is 85.3 Å². The topological polar surface area (TPSA) is 411 Å². The zero-order valence-electron chi connectivity index (χ0n) is 47.5. The van der Waals surface area contributed by atoms with Crippen LogP contribution in [0, 0.1) is 0 Å². The van der Waals surface area contributed by atoms with Gasteiger partial charge in [0.05, 0.1) is 25.4 Å². The van der Waals surface area contributed by atoms with Gasteiger partial charge in [-0.1, -0.05) is 86.8 Å². The normalized spacial score (nSPS) is 21.0. The number of primary amides is 2. The third kappa shape index (κ3) is 20.4. The Morgan fingerprint density at radius 1 is 0.694 bits per heavy atom. The number of H-pyrrole nitrogens is 1. The second kappa shape index (κ2) is 32.7. The number of thioether (sulfide) groups is 1. The predicted molar refractivity (Wildman–Crippen MR) is 318 cm³/mol. The van der Waals surface area contributed by atoms with Crippen LogP contribution in [0.5, 0.6) is 0 Å². The van der Waals surface area contributed by atoms with E-state index in [2.05, 4.69) is 47.2 Å². The minimum Gasteiger partial charge on any atom is -0.370 e. The lowest BCUT2D eigenvalue weighted by molar-refractivity contribution is -0.142. The summed E-state index contributed by atoms with van der Waals surface area (Å²) in [4.78, 5) is 163. The van der Waals surface area contributed by atoms with Crippen LogP contribution in [0.15, 0.2) is 90.1 Å². The molecule has 26 nitrogen and oxygen atoms in total. The number of fused-ring (bicyclic) bond motifs is 2. The number of para-hydroxylation sites is 1. The molecule has 1 aromatic heterocycles. The summed E-state index contributed by atoms with van der Waals surface area (Å²) in [6.07, 6.45) is 4.94. The molecule has 0 spiro atoms. The van der Waals surface area contributed by atoms with Gasteiger partial charge in [-0.3, -0.25) is 57.7 Å². The molecule has 2 saturated heterocycles. The Labute approximate surface area is 496 Å². The summed E-state index contributed by atoms with van der Waals surface area (Å²) >= 11 is 0.909. The van der Waals surface area contributed by atoms with Crippen molar-refractivity contribution in [1.82, 2.24) is 52.0 Å². The smallest absolute Gasteiger partial charge is 0.248 e. The molecule has 2 aliphatic heterocycles. The number of hydrogen-bond donors (Lipinski definition) is 12. The Morgan fingerprint density at radius 3 is 2.06 bits per heavy atom. The lowest BCUT2D eigenvalue weighted by Crippen LogP contribution is -2.58. The molecule has 0 aliphatic carbocycles. The van der Waals surface area contributed by atoms with Crippen LogP contribution >= 0.6 is 11.8 Å². The molecule has 2 aliphatic rings. The average Bonchev–Trinajstić information content (AvgIpc) is 3.85. The first kappa shape index (κ1) is 65.1. The second-order valence-electron chi connectivity index (χ2n) is 20.9. The van der Waals surface area contributed by atoms with Crippen LogP contribution in [0.3, 0.4) is 0 Å². The summed E-state index contributed by atoms with van der Waals surface area (Å²) in [6.45, 7) is 0.508. The molecule has 0 saturated carbocycles. The van der Waals surface area contributed by atoms with E-state index >= 15 is 0 Å². The summed E-state index contributed by atoms with van der Waals surface area (Å²) < 4.78 is 0. The fraction of sp³-hybridized carbons (Fsp3) is 0.448. The van der Waals surface area contributed by atoms with Crippen molar-refractivity contribution in [2.24, 2.45) is 27.9 Å². The number of unbranched alkanes of at least 4 members (excludes halogenated alkanes) is 3. The van der Waals surface area contributed by atoms with Crippen molar-refractivity contribution >= 4 is 93.6 Å². The summed E-state index contributed by atoms with van der Waals surface area (Å²) in [5, 5.41) is 19.5. The molecule has 6 rings (SSSR count). The maximum absolute atomic E-state index is 14.9. The minimum atomic E-state index is -1.45. The maximum atomic E-state index is 14.9. The quantitative estimate of drug-likeness (QED) is 0.0293. The zero-order valence-corrected chi connectivity index (χ0v) is 48.3. The first-order valence-corrected chi connectivity index (χ1v) is 29.5. The Hall–Kier alpha value is -9.01. The predicted octanol–water partition coefficient (Wildman–Crippen LogP) is -1.36. The molecule has 0 unspecified atom stereocenters. The van der Waals surface area contributed by atoms with Crippen LogP contribution in [0.4, 0.5) is 0 Å². The Bertz CT molecular complexity index is 3050. The number of carbonyl (C=O) groups excluding carboxylic acids is 11. The van der Waals surface area contributed by atoms with Crippen LogP contribution in [0.25, 0.3) is 10.9 Å². The van der Waals surface area contributed by atoms with Crippen LogP contribution < -0.4 is 60.2 Å². The maximum Gasteiger partial charge on any atom is 0.248 e. The van der Waals surface area contributed by atoms with E-state index in [1.165, 1.54) is 34.1 Å². The van der Waals surface area contributed by atoms with E-state index in [0.717, 1.165) is 35.5 Å². The SMILES string of the molecule is CCCCCCN1CC(=O)N[C@@H](Cc2c[nH]c3ccccc23)C(=O)N2CCC[C@H]2C(=O)N[C@H](C(=O)NCC(N)=O)CSCC(=O)N[C@@H](Cc2ccccc2)C(=O)N[C@@H](Cc2ccc(C(N)=O)cc2)C(=O)N[C@@H](CCCN=C(N)N)C(=O)NCC1=O. The fourth-order valence-corrected chi connectivity index (χ4v) is 10.8. The number of hydrogen-bond acceptors (Lipinski definition) is 13. The fourth-order valence-electron chi connectivity index (χ4n) is 9.94. The van der Waals surface area contributed by atoms with Crippen molar-refractivity contribution in [2.45, 2.75) is 114 Å². The molecule has 16 N–H and O–H groups in total. The van der Waals surface area contributed by atoms with E-state index in [1.807, 2.05) is 31.2 Å². The summed E-state index contributed by atoms with van der Waals surface area (Å²) in [5.74, 6) is -9.11. The Kier molecular flexibility index (Phi) is 25.1. The number of aromatic nitrogens is 1. The van der Waals surface area contributed by atoms with Crippen molar-refractivity contribution in [3.05, 3.63) is 107 Å². The molecule has 2 fully saturated rings. The molecule has 3 aromatic carbocycles. The van der Waals surface area contributed by atoms with Gasteiger partial charge < -0.3 is 74.9 Å². The van der Waals surface area contributed by atoms with Crippen molar-refractivity contribution in [3.63, 3.8) is 0 Å². The lowest BCUT2D eigenvalue weighted by Gasteiger charge is -2.30. The van der Waals surface area contributed by atoms with E-state index in [4.69, 9.17) is 22.9 Å². The van der Waals surface area contributed by atoms with Crippen LogP contribution in [-0.2, 0) is 67.2 Å². The highest BCUT2D eigenvalue weighted by atomic mass is 32.2. The number of nitrogens with one attached hydrogen (secondary N) is 8. The molecule has 3 heterocycles.